The standard InChI is InChI=1S/C14H16N2O2S/c1-8-7-19-14(15-8)9(2)16-12-6-18-13-5-10(17)3-4-11(12)13/h3-5,7,9,12,16-17H,6H2,1-2H3. The molecule has 5 heteroatoms. The van der Waals surface area contributed by atoms with E-state index in [0.717, 1.165) is 22.0 Å². The minimum absolute atomic E-state index is 0.148. The van der Waals surface area contributed by atoms with Crippen LogP contribution in [0.3, 0.4) is 0 Å². The van der Waals surface area contributed by atoms with Gasteiger partial charge in [-0.1, -0.05) is 0 Å². The largest absolute Gasteiger partial charge is 0.508 e. The Morgan fingerprint density at radius 2 is 2.37 bits per heavy atom. The number of aromatic hydroxyl groups is 1. The quantitative estimate of drug-likeness (QED) is 0.905. The number of benzene rings is 1. The molecule has 1 aromatic heterocycles. The van der Waals surface area contributed by atoms with Crippen molar-refractivity contribution in [3.63, 3.8) is 0 Å². The minimum Gasteiger partial charge on any atom is -0.508 e. The molecule has 0 saturated heterocycles. The summed E-state index contributed by atoms with van der Waals surface area (Å²) in [4.78, 5) is 4.50. The number of thiazole rings is 1. The molecule has 2 unspecified atom stereocenters. The first-order chi connectivity index (χ1) is 9.13. The topological polar surface area (TPSA) is 54.4 Å². The van der Waals surface area contributed by atoms with E-state index in [2.05, 4.69) is 22.6 Å². The molecule has 100 valence electrons. The molecule has 2 aromatic rings. The van der Waals surface area contributed by atoms with Crippen molar-refractivity contribution in [2.24, 2.45) is 0 Å². The van der Waals surface area contributed by atoms with Crippen molar-refractivity contribution in [2.45, 2.75) is 25.9 Å². The van der Waals surface area contributed by atoms with E-state index in [-0.39, 0.29) is 17.8 Å². The van der Waals surface area contributed by atoms with Gasteiger partial charge in [0, 0.05) is 22.7 Å². The molecule has 4 nitrogen and oxygen atoms in total. The predicted octanol–water partition coefficient (Wildman–Crippen LogP) is 2.94. The van der Waals surface area contributed by atoms with Crippen molar-refractivity contribution in [2.75, 3.05) is 6.61 Å². The average Bonchev–Trinajstić information content (AvgIpc) is 2.96. The lowest BCUT2D eigenvalue weighted by Gasteiger charge is -2.16. The van der Waals surface area contributed by atoms with Gasteiger partial charge in [0.05, 0.1) is 12.1 Å². The fourth-order valence-electron chi connectivity index (χ4n) is 2.28. The molecule has 1 aromatic carbocycles. The Kier molecular flexibility index (Phi) is 3.16. The maximum atomic E-state index is 9.44. The third-order valence-corrected chi connectivity index (χ3v) is 4.38. The van der Waals surface area contributed by atoms with Crippen molar-refractivity contribution < 1.29 is 9.84 Å². The van der Waals surface area contributed by atoms with Crippen LogP contribution in [0.4, 0.5) is 0 Å². The highest BCUT2D eigenvalue weighted by Gasteiger charge is 2.26. The normalized spacial score (nSPS) is 18.9. The number of hydrogen-bond acceptors (Lipinski definition) is 5. The van der Waals surface area contributed by atoms with Gasteiger partial charge in [-0.05, 0) is 26.0 Å². The van der Waals surface area contributed by atoms with Crippen LogP contribution in [0, 0.1) is 6.92 Å². The number of aryl methyl sites for hydroxylation is 1. The molecular weight excluding hydrogens is 260 g/mol. The third kappa shape index (κ3) is 2.43. The third-order valence-electron chi connectivity index (χ3n) is 3.24. The zero-order chi connectivity index (χ0) is 13.4. The van der Waals surface area contributed by atoms with Crippen LogP contribution in [0.25, 0.3) is 0 Å². The van der Waals surface area contributed by atoms with Crippen molar-refractivity contribution in [1.29, 1.82) is 0 Å². The molecule has 0 radical (unpaired) electrons. The fourth-order valence-corrected chi connectivity index (χ4v) is 3.09. The summed E-state index contributed by atoms with van der Waals surface area (Å²) in [7, 11) is 0. The summed E-state index contributed by atoms with van der Waals surface area (Å²) in [5.41, 5.74) is 2.15. The van der Waals surface area contributed by atoms with Crippen LogP contribution in [0.1, 0.15) is 35.3 Å². The van der Waals surface area contributed by atoms with Crippen molar-refractivity contribution in [3.05, 3.63) is 39.8 Å². The Labute approximate surface area is 116 Å². The molecule has 0 fully saturated rings. The zero-order valence-electron chi connectivity index (χ0n) is 10.9. The van der Waals surface area contributed by atoms with Crippen LogP contribution in [-0.4, -0.2) is 16.7 Å². The van der Waals surface area contributed by atoms with E-state index < -0.39 is 0 Å². The van der Waals surface area contributed by atoms with E-state index in [1.54, 1.807) is 23.5 Å². The van der Waals surface area contributed by atoms with Gasteiger partial charge in [-0.25, -0.2) is 4.98 Å². The summed E-state index contributed by atoms with van der Waals surface area (Å²) in [5, 5.41) is 16.1. The first kappa shape index (κ1) is 12.4. The van der Waals surface area contributed by atoms with Crippen LogP contribution in [0.2, 0.25) is 0 Å². The van der Waals surface area contributed by atoms with Crippen molar-refractivity contribution in [3.8, 4) is 11.5 Å². The molecule has 0 amide bonds. The van der Waals surface area contributed by atoms with E-state index >= 15 is 0 Å². The summed E-state index contributed by atoms with van der Waals surface area (Å²) in [5.74, 6) is 1.00. The number of phenols is 1. The van der Waals surface area contributed by atoms with Crippen molar-refractivity contribution >= 4 is 11.3 Å². The Hall–Kier alpha value is -1.59. The van der Waals surface area contributed by atoms with E-state index in [9.17, 15) is 5.11 Å². The average molecular weight is 276 g/mol. The number of nitrogens with zero attached hydrogens (tertiary/aromatic N) is 1. The Bertz CT molecular complexity index is 597. The number of fused-ring (bicyclic) bond motifs is 1. The Balaban J connectivity index is 1.76. The number of phenolic OH excluding ortho intramolecular Hbond substituents is 1. The molecule has 2 heterocycles. The van der Waals surface area contributed by atoms with Gasteiger partial charge in [-0.3, -0.25) is 5.32 Å². The molecular formula is C14H16N2O2S. The molecule has 3 rings (SSSR count). The van der Waals surface area contributed by atoms with Crippen LogP contribution in [-0.2, 0) is 0 Å². The summed E-state index contributed by atoms with van der Waals surface area (Å²) < 4.78 is 5.59. The fraction of sp³-hybridized carbons (Fsp3) is 0.357. The molecule has 0 saturated carbocycles. The second-order valence-electron chi connectivity index (χ2n) is 4.80. The van der Waals surface area contributed by atoms with Gasteiger partial charge in [0.15, 0.2) is 0 Å². The summed E-state index contributed by atoms with van der Waals surface area (Å²) >= 11 is 1.67. The van der Waals surface area contributed by atoms with Gasteiger partial charge in [0.25, 0.3) is 0 Å². The molecule has 2 atom stereocenters. The molecule has 1 aliphatic heterocycles. The lowest BCUT2D eigenvalue weighted by atomic mass is 10.1. The lowest BCUT2D eigenvalue weighted by molar-refractivity contribution is 0.300. The van der Waals surface area contributed by atoms with E-state index in [1.165, 1.54) is 0 Å². The van der Waals surface area contributed by atoms with Gasteiger partial charge in [0.2, 0.25) is 0 Å². The maximum Gasteiger partial charge on any atom is 0.127 e. The number of rotatable bonds is 3. The molecule has 2 N–H and O–H groups in total. The SMILES string of the molecule is Cc1csc(C(C)NC2COc3cc(O)ccc32)n1. The second kappa shape index (κ2) is 4.83. The monoisotopic (exact) mass is 276 g/mol. The highest BCUT2D eigenvalue weighted by atomic mass is 32.1. The zero-order valence-corrected chi connectivity index (χ0v) is 11.7. The molecule has 19 heavy (non-hydrogen) atoms. The molecule has 0 aliphatic carbocycles. The number of hydrogen-bond donors (Lipinski definition) is 2. The van der Waals surface area contributed by atoms with Gasteiger partial charge >= 0.3 is 0 Å². The molecule has 1 aliphatic rings. The van der Waals surface area contributed by atoms with Gasteiger partial charge in [0.1, 0.15) is 23.1 Å². The summed E-state index contributed by atoms with van der Waals surface area (Å²) in [6.07, 6.45) is 0. The lowest BCUT2D eigenvalue weighted by Crippen LogP contribution is -2.25. The first-order valence-corrected chi connectivity index (χ1v) is 7.15. The van der Waals surface area contributed by atoms with Gasteiger partial charge in [-0.15, -0.1) is 11.3 Å². The predicted molar refractivity (Wildman–Crippen MR) is 74.7 cm³/mol. The summed E-state index contributed by atoms with van der Waals surface area (Å²) in [6, 6.07) is 5.60. The first-order valence-electron chi connectivity index (χ1n) is 6.27. The van der Waals surface area contributed by atoms with Crippen LogP contribution < -0.4 is 10.1 Å². The number of ether oxygens (including phenoxy) is 1. The van der Waals surface area contributed by atoms with E-state index in [4.69, 9.17) is 4.74 Å². The van der Waals surface area contributed by atoms with E-state index in [0.29, 0.717) is 6.61 Å². The van der Waals surface area contributed by atoms with Crippen molar-refractivity contribution in [1.82, 2.24) is 10.3 Å². The second-order valence-corrected chi connectivity index (χ2v) is 5.69. The number of aromatic nitrogens is 1. The van der Waals surface area contributed by atoms with Gasteiger partial charge < -0.3 is 9.84 Å². The van der Waals surface area contributed by atoms with Gasteiger partial charge in [-0.2, -0.15) is 0 Å². The van der Waals surface area contributed by atoms with E-state index in [1.807, 2.05) is 13.0 Å². The van der Waals surface area contributed by atoms with Crippen LogP contribution in [0.15, 0.2) is 23.6 Å². The molecule has 0 bridgehead atoms. The van der Waals surface area contributed by atoms with Crippen LogP contribution in [0.5, 0.6) is 11.5 Å². The highest BCUT2D eigenvalue weighted by Crippen LogP contribution is 2.36. The Morgan fingerprint density at radius 3 is 3.11 bits per heavy atom. The summed E-state index contributed by atoms with van der Waals surface area (Å²) in [6.45, 7) is 4.70. The number of nitrogens with one attached hydrogen (secondary N) is 1. The molecule has 0 spiro atoms. The Morgan fingerprint density at radius 1 is 1.53 bits per heavy atom. The highest BCUT2D eigenvalue weighted by molar-refractivity contribution is 7.09. The maximum absolute atomic E-state index is 9.44. The minimum atomic E-state index is 0.148. The van der Waals surface area contributed by atoms with Crippen LogP contribution >= 0.6 is 11.3 Å². The smallest absolute Gasteiger partial charge is 0.127 e.